The topological polar surface area (TPSA) is 83.3 Å². The van der Waals surface area contributed by atoms with Crippen LogP contribution in [0.2, 0.25) is 0 Å². The normalized spacial score (nSPS) is 20.2. The third-order valence-corrected chi connectivity index (χ3v) is 4.57. The molecule has 0 radical (unpaired) electrons. The number of aromatic nitrogens is 2. The van der Waals surface area contributed by atoms with Crippen LogP contribution in [-0.4, -0.2) is 35.3 Å². The number of carbonyl (C=O) groups is 1. The van der Waals surface area contributed by atoms with E-state index >= 15 is 0 Å². The van der Waals surface area contributed by atoms with E-state index in [1.807, 2.05) is 25.1 Å². The molecule has 0 aromatic carbocycles. The molecule has 2 aromatic rings. The van der Waals surface area contributed by atoms with Crippen LogP contribution in [-0.2, 0) is 0 Å². The third kappa shape index (κ3) is 3.06. The van der Waals surface area contributed by atoms with Gasteiger partial charge >= 0.3 is 6.03 Å². The molecule has 1 aliphatic heterocycles. The summed E-state index contributed by atoms with van der Waals surface area (Å²) in [7, 11) is 0. The zero-order valence-corrected chi connectivity index (χ0v) is 13.7. The van der Waals surface area contributed by atoms with E-state index in [9.17, 15) is 4.79 Å². The molecule has 7 nitrogen and oxygen atoms in total. The highest BCUT2D eigenvalue weighted by molar-refractivity contribution is 5.90. The Hall–Kier alpha value is -2.57. The molecule has 1 atom stereocenters. The number of aryl methyl sites for hydroxylation is 1. The van der Waals surface area contributed by atoms with Crippen LogP contribution in [0.4, 0.5) is 16.3 Å². The molecule has 2 fully saturated rings. The van der Waals surface area contributed by atoms with Crippen LogP contribution in [0.15, 0.2) is 28.9 Å². The number of hydrogen-bond donors (Lipinski definition) is 2. The smallest absolute Gasteiger partial charge is 0.319 e. The van der Waals surface area contributed by atoms with Gasteiger partial charge in [0, 0.05) is 31.2 Å². The summed E-state index contributed by atoms with van der Waals surface area (Å²) in [6.45, 7) is 3.51. The Morgan fingerprint density at radius 2 is 2.21 bits per heavy atom. The lowest BCUT2D eigenvalue weighted by atomic mass is 10.2. The van der Waals surface area contributed by atoms with Gasteiger partial charge in [0.05, 0.1) is 0 Å². The van der Waals surface area contributed by atoms with Crippen LogP contribution in [0, 0.1) is 6.92 Å². The van der Waals surface area contributed by atoms with E-state index in [1.54, 1.807) is 6.20 Å². The number of pyridine rings is 1. The molecule has 24 heavy (non-hydrogen) atoms. The third-order valence-electron chi connectivity index (χ3n) is 4.57. The molecule has 4 rings (SSSR count). The summed E-state index contributed by atoms with van der Waals surface area (Å²) in [6, 6.07) is 5.78. The minimum atomic E-state index is -0.198. The van der Waals surface area contributed by atoms with Gasteiger partial charge in [-0.25, -0.2) is 9.78 Å². The minimum absolute atomic E-state index is 0.108. The van der Waals surface area contributed by atoms with Crippen molar-refractivity contribution >= 4 is 17.5 Å². The first kappa shape index (κ1) is 15.0. The van der Waals surface area contributed by atoms with Crippen molar-refractivity contribution in [2.75, 3.05) is 23.3 Å². The summed E-state index contributed by atoms with van der Waals surface area (Å²) in [5.41, 5.74) is 1.46. The molecule has 1 saturated carbocycles. The van der Waals surface area contributed by atoms with Crippen molar-refractivity contribution in [2.45, 2.75) is 38.1 Å². The van der Waals surface area contributed by atoms with Gasteiger partial charge in [0.25, 0.3) is 0 Å². The van der Waals surface area contributed by atoms with Crippen molar-refractivity contribution < 1.29 is 9.32 Å². The largest absolute Gasteiger partial charge is 0.359 e. The zero-order valence-electron chi connectivity index (χ0n) is 13.7. The average Bonchev–Trinajstić information content (AvgIpc) is 3.23. The highest BCUT2D eigenvalue weighted by Crippen LogP contribution is 2.44. The fourth-order valence-corrected chi connectivity index (χ4v) is 3.13. The lowest BCUT2D eigenvalue weighted by Crippen LogP contribution is -2.40. The monoisotopic (exact) mass is 327 g/mol. The average molecular weight is 327 g/mol. The highest BCUT2D eigenvalue weighted by atomic mass is 16.5. The molecular weight excluding hydrogens is 306 g/mol. The Morgan fingerprint density at radius 1 is 1.33 bits per heavy atom. The van der Waals surface area contributed by atoms with Gasteiger partial charge in [-0.05, 0) is 38.3 Å². The van der Waals surface area contributed by atoms with Gasteiger partial charge < -0.3 is 20.1 Å². The van der Waals surface area contributed by atoms with Crippen LogP contribution < -0.4 is 15.5 Å². The summed E-state index contributed by atoms with van der Waals surface area (Å²) >= 11 is 0. The number of hydrogen-bond acceptors (Lipinski definition) is 5. The van der Waals surface area contributed by atoms with E-state index in [4.69, 9.17) is 4.52 Å². The second kappa shape index (κ2) is 6.14. The molecule has 2 aliphatic rings. The molecule has 0 bridgehead atoms. The van der Waals surface area contributed by atoms with E-state index in [0.717, 1.165) is 55.3 Å². The fourth-order valence-electron chi connectivity index (χ4n) is 3.13. The molecule has 1 unspecified atom stereocenters. The van der Waals surface area contributed by atoms with Crippen LogP contribution in [0.1, 0.15) is 36.6 Å². The van der Waals surface area contributed by atoms with Gasteiger partial charge in [0.2, 0.25) is 0 Å². The molecular formula is C17H21N5O2. The van der Waals surface area contributed by atoms with Crippen molar-refractivity contribution in [3.63, 3.8) is 0 Å². The summed E-state index contributed by atoms with van der Waals surface area (Å²) in [4.78, 5) is 18.9. The molecule has 2 aromatic heterocycles. The quantitative estimate of drug-likeness (QED) is 0.902. The molecule has 126 valence electrons. The maximum absolute atomic E-state index is 12.3. The molecule has 3 heterocycles. The summed E-state index contributed by atoms with van der Waals surface area (Å²) < 4.78 is 5.36. The molecule has 7 heteroatoms. The summed E-state index contributed by atoms with van der Waals surface area (Å²) in [5.74, 6) is 2.17. The SMILES string of the molecule is Cc1noc(C2CC2)c1NC(=O)NC1CCN(c2ccccn2)C1. The Kier molecular flexibility index (Phi) is 3.84. The molecule has 0 spiro atoms. The van der Waals surface area contributed by atoms with Crippen LogP contribution in [0.25, 0.3) is 0 Å². The van der Waals surface area contributed by atoms with Crippen molar-refractivity contribution in [3.8, 4) is 0 Å². The maximum Gasteiger partial charge on any atom is 0.319 e. The van der Waals surface area contributed by atoms with E-state index in [2.05, 4.69) is 25.7 Å². The molecule has 2 amide bonds. The molecule has 2 N–H and O–H groups in total. The minimum Gasteiger partial charge on any atom is -0.359 e. The van der Waals surface area contributed by atoms with Gasteiger partial charge in [-0.15, -0.1) is 0 Å². The fraction of sp³-hybridized carbons (Fsp3) is 0.471. The zero-order chi connectivity index (χ0) is 16.5. The Morgan fingerprint density at radius 3 is 2.96 bits per heavy atom. The number of carbonyl (C=O) groups excluding carboxylic acids is 1. The molecule has 1 aliphatic carbocycles. The standard InChI is InChI=1S/C17H21N5O2/c1-11-15(16(24-21-11)12-5-6-12)20-17(23)19-13-7-9-22(10-13)14-4-2-3-8-18-14/h2-4,8,12-13H,5-7,9-10H2,1H3,(H2,19,20,23). The van der Waals surface area contributed by atoms with E-state index in [0.29, 0.717) is 5.92 Å². The Bertz CT molecular complexity index is 726. The Labute approximate surface area is 140 Å². The number of anilines is 2. The van der Waals surface area contributed by atoms with Gasteiger partial charge in [0.1, 0.15) is 17.2 Å². The van der Waals surface area contributed by atoms with Crippen molar-refractivity contribution in [1.29, 1.82) is 0 Å². The number of rotatable bonds is 4. The van der Waals surface area contributed by atoms with E-state index in [1.165, 1.54) is 0 Å². The molecule has 1 saturated heterocycles. The van der Waals surface area contributed by atoms with Gasteiger partial charge in [0.15, 0.2) is 5.76 Å². The van der Waals surface area contributed by atoms with Crippen LogP contribution in [0.5, 0.6) is 0 Å². The Balaban J connectivity index is 1.35. The number of nitrogens with zero attached hydrogens (tertiary/aromatic N) is 3. The summed E-state index contributed by atoms with van der Waals surface area (Å²) in [6.07, 6.45) is 4.90. The van der Waals surface area contributed by atoms with Crippen molar-refractivity contribution in [2.24, 2.45) is 0 Å². The van der Waals surface area contributed by atoms with Gasteiger partial charge in [-0.1, -0.05) is 11.2 Å². The first-order chi connectivity index (χ1) is 11.7. The van der Waals surface area contributed by atoms with Crippen LogP contribution >= 0.6 is 0 Å². The second-order valence-electron chi connectivity index (χ2n) is 6.50. The van der Waals surface area contributed by atoms with Crippen LogP contribution in [0.3, 0.4) is 0 Å². The van der Waals surface area contributed by atoms with E-state index < -0.39 is 0 Å². The lowest BCUT2D eigenvalue weighted by molar-refractivity contribution is 0.249. The number of amides is 2. The number of nitrogens with one attached hydrogen (secondary N) is 2. The maximum atomic E-state index is 12.3. The van der Waals surface area contributed by atoms with E-state index in [-0.39, 0.29) is 12.1 Å². The first-order valence-electron chi connectivity index (χ1n) is 8.40. The highest BCUT2D eigenvalue weighted by Gasteiger charge is 2.32. The van der Waals surface area contributed by atoms with Gasteiger partial charge in [-0.2, -0.15) is 0 Å². The second-order valence-corrected chi connectivity index (χ2v) is 6.50. The predicted octanol–water partition coefficient (Wildman–Crippen LogP) is 2.66. The first-order valence-corrected chi connectivity index (χ1v) is 8.40. The lowest BCUT2D eigenvalue weighted by Gasteiger charge is -2.18. The predicted molar refractivity (Wildman–Crippen MR) is 90.2 cm³/mol. The summed E-state index contributed by atoms with van der Waals surface area (Å²) in [5, 5.41) is 9.94. The van der Waals surface area contributed by atoms with Crippen molar-refractivity contribution in [3.05, 3.63) is 35.9 Å². The number of urea groups is 1. The van der Waals surface area contributed by atoms with Gasteiger partial charge in [-0.3, -0.25) is 0 Å². The van der Waals surface area contributed by atoms with Crippen molar-refractivity contribution in [1.82, 2.24) is 15.5 Å².